The highest BCUT2D eigenvalue weighted by atomic mass is 32.1. The zero-order valence-electron chi connectivity index (χ0n) is 17.0. The third kappa shape index (κ3) is 6.01. The summed E-state index contributed by atoms with van der Waals surface area (Å²) in [5.74, 6) is 1.30. The molecule has 0 aliphatic carbocycles. The van der Waals surface area contributed by atoms with Gasteiger partial charge in [0.05, 0.1) is 10.7 Å². The van der Waals surface area contributed by atoms with E-state index in [1.807, 2.05) is 18.0 Å². The Kier molecular flexibility index (Phi) is 7.39. The van der Waals surface area contributed by atoms with Crippen LogP contribution in [0.4, 0.5) is 4.39 Å². The smallest absolute Gasteiger partial charge is 0.193 e. The number of aliphatic imine (C=N–C) groups is 1. The van der Waals surface area contributed by atoms with E-state index < -0.39 is 0 Å². The number of guanidine groups is 1. The molecule has 2 aromatic rings. The summed E-state index contributed by atoms with van der Waals surface area (Å²) >= 11 is 1.72. The Labute approximate surface area is 171 Å². The molecule has 7 heteroatoms. The van der Waals surface area contributed by atoms with E-state index in [4.69, 9.17) is 0 Å². The molecule has 0 amide bonds. The van der Waals surface area contributed by atoms with E-state index in [0.29, 0.717) is 12.5 Å². The van der Waals surface area contributed by atoms with Crippen LogP contribution in [0.15, 0.2) is 34.6 Å². The number of rotatable bonds is 6. The number of aryl methyl sites for hydroxylation is 1. The minimum absolute atomic E-state index is 0.201. The summed E-state index contributed by atoms with van der Waals surface area (Å²) < 4.78 is 13.4. The highest BCUT2D eigenvalue weighted by molar-refractivity contribution is 7.09. The van der Waals surface area contributed by atoms with Crippen LogP contribution in [0.3, 0.4) is 0 Å². The Balaban J connectivity index is 1.41. The van der Waals surface area contributed by atoms with Crippen LogP contribution >= 0.6 is 11.3 Å². The first-order chi connectivity index (χ1) is 13.5. The molecule has 0 spiro atoms. The van der Waals surface area contributed by atoms with Crippen LogP contribution in [-0.2, 0) is 13.1 Å². The fourth-order valence-electron chi connectivity index (χ4n) is 3.66. The Morgan fingerprint density at radius 2 is 2.18 bits per heavy atom. The van der Waals surface area contributed by atoms with Crippen LogP contribution in [0.1, 0.15) is 29.1 Å². The van der Waals surface area contributed by atoms with Gasteiger partial charge in [0.15, 0.2) is 5.96 Å². The quantitative estimate of drug-likeness (QED) is 0.592. The lowest BCUT2D eigenvalue weighted by molar-refractivity contribution is 0.176. The summed E-state index contributed by atoms with van der Waals surface area (Å²) in [6.45, 7) is 6.79. The second kappa shape index (κ2) is 9.98. The van der Waals surface area contributed by atoms with Crippen molar-refractivity contribution in [2.45, 2.75) is 32.9 Å². The minimum Gasteiger partial charge on any atom is -0.356 e. The van der Waals surface area contributed by atoms with E-state index in [1.165, 1.54) is 24.6 Å². The topological polar surface area (TPSA) is 43.8 Å². The van der Waals surface area contributed by atoms with Crippen molar-refractivity contribution in [3.05, 3.63) is 51.7 Å². The fraction of sp³-hybridized carbons (Fsp3) is 0.524. The Morgan fingerprint density at radius 3 is 2.82 bits per heavy atom. The maximum atomic E-state index is 13.4. The van der Waals surface area contributed by atoms with E-state index in [-0.39, 0.29) is 5.82 Å². The zero-order valence-corrected chi connectivity index (χ0v) is 17.8. The van der Waals surface area contributed by atoms with Gasteiger partial charge < -0.3 is 10.2 Å². The average Bonchev–Trinajstić information content (AvgIpc) is 3.08. The molecule has 152 valence electrons. The van der Waals surface area contributed by atoms with Gasteiger partial charge in [-0.05, 0) is 56.5 Å². The number of thiazole rings is 1. The van der Waals surface area contributed by atoms with E-state index in [2.05, 4.69) is 32.5 Å². The molecule has 3 rings (SSSR count). The Hall–Kier alpha value is -1.99. The van der Waals surface area contributed by atoms with Gasteiger partial charge in [-0.25, -0.2) is 9.37 Å². The van der Waals surface area contributed by atoms with Gasteiger partial charge in [0.1, 0.15) is 5.82 Å². The number of hydrogen-bond acceptors (Lipinski definition) is 4. The number of benzene rings is 1. The van der Waals surface area contributed by atoms with Crippen molar-refractivity contribution < 1.29 is 4.39 Å². The lowest BCUT2D eigenvalue weighted by Crippen LogP contribution is -2.43. The summed E-state index contributed by atoms with van der Waals surface area (Å²) in [6.07, 6.45) is 2.36. The lowest BCUT2D eigenvalue weighted by atomic mass is 9.97. The number of nitrogens with one attached hydrogen (secondary N) is 1. The molecule has 0 atom stereocenters. The molecule has 1 fully saturated rings. The highest BCUT2D eigenvalue weighted by Gasteiger charge is 2.20. The van der Waals surface area contributed by atoms with Crippen molar-refractivity contribution in [3.63, 3.8) is 0 Å². The van der Waals surface area contributed by atoms with Crippen LogP contribution in [0.2, 0.25) is 0 Å². The van der Waals surface area contributed by atoms with E-state index in [9.17, 15) is 4.39 Å². The molecule has 2 heterocycles. The number of halogens is 1. The molecular formula is C21H30FN5S. The van der Waals surface area contributed by atoms with Gasteiger partial charge in [-0.1, -0.05) is 12.1 Å². The van der Waals surface area contributed by atoms with Crippen LogP contribution in [-0.4, -0.2) is 54.5 Å². The second-order valence-electron chi connectivity index (χ2n) is 7.49. The van der Waals surface area contributed by atoms with Gasteiger partial charge in [-0.15, -0.1) is 11.3 Å². The Bertz CT molecular complexity index is 783. The van der Waals surface area contributed by atoms with Gasteiger partial charge >= 0.3 is 0 Å². The number of nitrogens with zero attached hydrogens (tertiary/aromatic N) is 4. The molecule has 28 heavy (non-hydrogen) atoms. The fourth-order valence-corrected chi connectivity index (χ4v) is 4.27. The molecule has 0 radical (unpaired) electrons. The van der Waals surface area contributed by atoms with Crippen molar-refractivity contribution in [2.24, 2.45) is 10.9 Å². The van der Waals surface area contributed by atoms with Gasteiger partial charge in [-0.3, -0.25) is 9.89 Å². The number of piperidine rings is 1. The van der Waals surface area contributed by atoms with Gasteiger partial charge in [0.2, 0.25) is 0 Å². The third-order valence-electron chi connectivity index (χ3n) is 5.19. The molecule has 5 nitrogen and oxygen atoms in total. The van der Waals surface area contributed by atoms with Crippen LogP contribution in [0, 0.1) is 18.7 Å². The van der Waals surface area contributed by atoms with Gasteiger partial charge in [0.25, 0.3) is 0 Å². The van der Waals surface area contributed by atoms with Crippen LogP contribution in [0.5, 0.6) is 0 Å². The minimum atomic E-state index is -0.201. The Morgan fingerprint density at radius 1 is 1.39 bits per heavy atom. The summed E-state index contributed by atoms with van der Waals surface area (Å²) in [7, 11) is 3.78. The number of likely N-dealkylation sites (tertiary alicyclic amines) is 1. The number of hydrogen-bond donors (Lipinski definition) is 1. The lowest BCUT2D eigenvalue weighted by Gasteiger charge is -2.32. The number of aromatic nitrogens is 1. The summed E-state index contributed by atoms with van der Waals surface area (Å²) in [5.41, 5.74) is 2.13. The van der Waals surface area contributed by atoms with Crippen molar-refractivity contribution in [1.82, 2.24) is 20.1 Å². The van der Waals surface area contributed by atoms with Crippen molar-refractivity contribution >= 4 is 17.3 Å². The van der Waals surface area contributed by atoms with E-state index >= 15 is 0 Å². The maximum Gasteiger partial charge on any atom is 0.193 e. The monoisotopic (exact) mass is 403 g/mol. The van der Waals surface area contributed by atoms with E-state index in [1.54, 1.807) is 30.5 Å². The molecule has 1 aliphatic heterocycles. The molecule has 1 aromatic heterocycles. The standard InChI is InChI=1S/C21H30FN5S/c1-16-25-20(15-28-16)14-27-9-7-17(8-10-27)12-24-21(23-2)26(3)13-18-5-4-6-19(22)11-18/h4-6,11,15,17H,7-10,12-14H2,1-3H3,(H,23,24). The average molecular weight is 404 g/mol. The molecule has 1 saturated heterocycles. The highest BCUT2D eigenvalue weighted by Crippen LogP contribution is 2.19. The van der Waals surface area contributed by atoms with Gasteiger partial charge in [-0.2, -0.15) is 0 Å². The van der Waals surface area contributed by atoms with Crippen molar-refractivity contribution in [3.8, 4) is 0 Å². The third-order valence-corrected chi connectivity index (χ3v) is 6.01. The first-order valence-electron chi connectivity index (χ1n) is 9.83. The summed E-state index contributed by atoms with van der Waals surface area (Å²) in [6, 6.07) is 6.73. The second-order valence-corrected chi connectivity index (χ2v) is 8.55. The van der Waals surface area contributed by atoms with Crippen LogP contribution in [0.25, 0.3) is 0 Å². The molecule has 1 aromatic carbocycles. The largest absolute Gasteiger partial charge is 0.356 e. The summed E-state index contributed by atoms with van der Waals surface area (Å²) in [4.78, 5) is 13.5. The van der Waals surface area contributed by atoms with Crippen molar-refractivity contribution in [2.75, 3.05) is 33.7 Å². The molecular weight excluding hydrogens is 373 g/mol. The normalized spacial score (nSPS) is 16.4. The first kappa shape index (κ1) is 20.7. The first-order valence-corrected chi connectivity index (χ1v) is 10.7. The maximum absolute atomic E-state index is 13.4. The van der Waals surface area contributed by atoms with E-state index in [0.717, 1.165) is 42.7 Å². The summed E-state index contributed by atoms with van der Waals surface area (Å²) in [5, 5.41) is 6.80. The predicted octanol–water partition coefficient (Wildman–Crippen LogP) is 3.51. The molecule has 0 unspecified atom stereocenters. The van der Waals surface area contributed by atoms with Crippen LogP contribution < -0.4 is 5.32 Å². The van der Waals surface area contributed by atoms with Gasteiger partial charge in [0, 0.05) is 39.1 Å². The molecule has 1 N–H and O–H groups in total. The molecule has 0 saturated carbocycles. The molecule has 1 aliphatic rings. The zero-order chi connectivity index (χ0) is 19.9. The SMILES string of the molecule is CN=C(NCC1CCN(Cc2csc(C)n2)CC1)N(C)Cc1cccc(F)c1. The van der Waals surface area contributed by atoms with Crippen molar-refractivity contribution in [1.29, 1.82) is 0 Å². The predicted molar refractivity (Wildman–Crippen MR) is 114 cm³/mol. The molecule has 0 bridgehead atoms.